The number of carbonyl (C=O) groups is 1. The van der Waals surface area contributed by atoms with Crippen LogP contribution in [0.3, 0.4) is 0 Å². The van der Waals surface area contributed by atoms with Crippen molar-refractivity contribution in [2.45, 2.75) is 44.4 Å². The van der Waals surface area contributed by atoms with E-state index < -0.39 is 28.3 Å². The zero-order valence-electron chi connectivity index (χ0n) is 19.6. The van der Waals surface area contributed by atoms with Crippen molar-refractivity contribution in [2.75, 3.05) is 31.6 Å². The van der Waals surface area contributed by atoms with Gasteiger partial charge in [0.15, 0.2) is 11.5 Å². The molecule has 0 unspecified atom stereocenters. The van der Waals surface area contributed by atoms with Crippen LogP contribution in [-0.4, -0.2) is 41.6 Å². The summed E-state index contributed by atoms with van der Waals surface area (Å²) < 4.78 is 51.9. The summed E-state index contributed by atoms with van der Waals surface area (Å²) in [5.74, 6) is 0.00587. The molecule has 0 heterocycles. The molecule has 0 saturated heterocycles. The van der Waals surface area contributed by atoms with Crippen molar-refractivity contribution >= 4 is 21.6 Å². The lowest BCUT2D eigenvalue weighted by Crippen LogP contribution is -2.42. The van der Waals surface area contributed by atoms with Crippen molar-refractivity contribution in [1.29, 1.82) is 0 Å². The highest BCUT2D eigenvalue weighted by atomic mass is 32.2. The molecule has 2 aromatic carbocycles. The number of amides is 1. The molecule has 182 valence electrons. The van der Waals surface area contributed by atoms with Gasteiger partial charge >= 0.3 is 0 Å². The fourth-order valence-corrected chi connectivity index (χ4v) is 4.85. The average molecular weight is 481 g/mol. The summed E-state index contributed by atoms with van der Waals surface area (Å²) in [4.78, 5) is 12.7. The molecule has 2 rings (SSSR count). The van der Waals surface area contributed by atoms with Crippen molar-refractivity contribution in [3.8, 4) is 11.5 Å². The molecule has 0 spiro atoms. The molecule has 0 radical (unpaired) electrons. The Labute approximate surface area is 195 Å². The van der Waals surface area contributed by atoms with E-state index in [0.29, 0.717) is 18.2 Å². The number of benzene rings is 2. The Balaban J connectivity index is 2.32. The number of hydrogen-bond acceptors (Lipinski definition) is 5. The highest BCUT2D eigenvalue weighted by Gasteiger charge is 2.28. The van der Waals surface area contributed by atoms with Gasteiger partial charge in [-0.25, -0.2) is 12.8 Å². The van der Waals surface area contributed by atoms with Crippen LogP contribution in [0.1, 0.15) is 39.5 Å². The molecule has 0 aliphatic carbocycles. The quantitative estimate of drug-likeness (QED) is 0.460. The summed E-state index contributed by atoms with van der Waals surface area (Å²) in [6.07, 6.45) is 4.07. The number of methoxy groups -OCH3 is 2. The number of rotatable bonds is 13. The maximum absolute atomic E-state index is 13.5. The standard InChI is InChI=1S/C24H33FN2O5S/c1-5-7-8-18(6-2)16-26-24(28)17-27(20-11-9-19(25)10-12-20)33(29,30)21-13-14-22(31-3)23(15-21)32-4/h9-15,18H,5-8,16-17H2,1-4H3,(H,26,28)/t18-/m0/s1. The second-order valence-corrected chi connectivity index (χ2v) is 9.59. The lowest BCUT2D eigenvalue weighted by molar-refractivity contribution is -0.119. The minimum absolute atomic E-state index is 0.0772. The van der Waals surface area contributed by atoms with Crippen molar-refractivity contribution in [2.24, 2.45) is 5.92 Å². The van der Waals surface area contributed by atoms with E-state index in [2.05, 4.69) is 19.2 Å². The second-order valence-electron chi connectivity index (χ2n) is 7.73. The van der Waals surface area contributed by atoms with Gasteiger partial charge in [0.2, 0.25) is 5.91 Å². The molecule has 1 amide bonds. The highest BCUT2D eigenvalue weighted by molar-refractivity contribution is 7.92. The van der Waals surface area contributed by atoms with E-state index in [1.165, 1.54) is 44.6 Å². The minimum Gasteiger partial charge on any atom is -0.493 e. The molecule has 33 heavy (non-hydrogen) atoms. The van der Waals surface area contributed by atoms with Crippen LogP contribution in [0.4, 0.5) is 10.1 Å². The van der Waals surface area contributed by atoms with Gasteiger partial charge in [0.25, 0.3) is 10.0 Å². The number of ether oxygens (including phenoxy) is 2. The first-order valence-corrected chi connectivity index (χ1v) is 12.5. The van der Waals surface area contributed by atoms with Gasteiger partial charge in [-0.15, -0.1) is 0 Å². The fraction of sp³-hybridized carbons (Fsp3) is 0.458. The maximum Gasteiger partial charge on any atom is 0.264 e. The molecule has 0 saturated carbocycles. The topological polar surface area (TPSA) is 84.9 Å². The molecule has 9 heteroatoms. The number of sulfonamides is 1. The number of halogens is 1. The van der Waals surface area contributed by atoms with E-state index >= 15 is 0 Å². The summed E-state index contributed by atoms with van der Waals surface area (Å²) in [7, 11) is -1.31. The number of hydrogen-bond donors (Lipinski definition) is 1. The number of unbranched alkanes of at least 4 members (excludes halogenated alkanes) is 1. The molecule has 0 aliphatic rings. The summed E-state index contributed by atoms with van der Waals surface area (Å²) in [5, 5.41) is 2.85. The summed E-state index contributed by atoms with van der Waals surface area (Å²) in [6, 6.07) is 9.16. The lowest BCUT2D eigenvalue weighted by Gasteiger charge is -2.25. The first-order chi connectivity index (χ1) is 15.8. The number of nitrogens with zero attached hydrogens (tertiary/aromatic N) is 1. The van der Waals surface area contributed by atoms with Crippen LogP contribution in [0.5, 0.6) is 11.5 Å². The molecule has 0 aromatic heterocycles. The summed E-state index contributed by atoms with van der Waals surface area (Å²) in [5.41, 5.74) is 0.180. The smallest absolute Gasteiger partial charge is 0.264 e. The van der Waals surface area contributed by atoms with Crippen LogP contribution in [0.15, 0.2) is 47.4 Å². The second kappa shape index (κ2) is 12.4. The lowest BCUT2D eigenvalue weighted by atomic mass is 9.99. The molecule has 0 fully saturated rings. The van der Waals surface area contributed by atoms with Crippen molar-refractivity contribution in [3.05, 3.63) is 48.3 Å². The van der Waals surface area contributed by atoms with E-state index in [1.807, 2.05) is 0 Å². The van der Waals surface area contributed by atoms with Gasteiger partial charge in [-0.2, -0.15) is 0 Å². The number of anilines is 1. The van der Waals surface area contributed by atoms with Gasteiger partial charge in [-0.05, 0) is 48.7 Å². The number of carbonyl (C=O) groups excluding carboxylic acids is 1. The first-order valence-electron chi connectivity index (χ1n) is 11.0. The Bertz CT molecular complexity index is 1010. The maximum atomic E-state index is 13.5. The van der Waals surface area contributed by atoms with Crippen LogP contribution in [0.2, 0.25) is 0 Å². The SMILES string of the molecule is CCCC[C@H](CC)CNC(=O)CN(c1ccc(F)cc1)S(=O)(=O)c1ccc(OC)c(OC)c1. The Morgan fingerprint density at radius 2 is 1.73 bits per heavy atom. The molecule has 1 N–H and O–H groups in total. The van der Waals surface area contributed by atoms with Crippen molar-refractivity contribution in [1.82, 2.24) is 5.32 Å². The fourth-order valence-electron chi connectivity index (χ4n) is 3.41. The highest BCUT2D eigenvalue weighted by Crippen LogP contribution is 2.32. The van der Waals surface area contributed by atoms with E-state index in [4.69, 9.17) is 9.47 Å². The Morgan fingerprint density at radius 3 is 2.30 bits per heavy atom. The van der Waals surface area contributed by atoms with Gasteiger partial charge in [0.05, 0.1) is 24.8 Å². The van der Waals surface area contributed by atoms with Crippen molar-refractivity contribution < 1.29 is 27.1 Å². The van der Waals surface area contributed by atoms with Crippen LogP contribution in [-0.2, 0) is 14.8 Å². The monoisotopic (exact) mass is 480 g/mol. The van der Waals surface area contributed by atoms with Gasteiger partial charge in [-0.3, -0.25) is 9.10 Å². The number of nitrogens with one attached hydrogen (secondary N) is 1. The first kappa shape index (κ1) is 26.4. The minimum atomic E-state index is -4.16. The van der Waals surface area contributed by atoms with Crippen LogP contribution in [0, 0.1) is 11.7 Å². The predicted octanol–water partition coefficient (Wildman–Crippen LogP) is 4.37. The summed E-state index contributed by atoms with van der Waals surface area (Å²) in [6.45, 7) is 4.22. The molecular weight excluding hydrogens is 447 g/mol. The third-order valence-corrected chi connectivity index (χ3v) is 7.25. The third-order valence-electron chi connectivity index (χ3n) is 5.48. The molecule has 0 bridgehead atoms. The average Bonchev–Trinajstić information content (AvgIpc) is 2.82. The zero-order chi connectivity index (χ0) is 24.4. The van der Waals surface area contributed by atoms with Crippen LogP contribution >= 0.6 is 0 Å². The molecule has 7 nitrogen and oxygen atoms in total. The normalized spacial score (nSPS) is 12.2. The Hall–Kier alpha value is -2.81. The predicted molar refractivity (Wildman–Crippen MR) is 127 cm³/mol. The molecule has 1 atom stereocenters. The van der Waals surface area contributed by atoms with Gasteiger partial charge in [0.1, 0.15) is 12.4 Å². The molecule has 0 aliphatic heterocycles. The Kier molecular flexibility index (Phi) is 9.96. The van der Waals surface area contributed by atoms with Gasteiger partial charge < -0.3 is 14.8 Å². The van der Waals surface area contributed by atoms with Gasteiger partial charge in [-0.1, -0.05) is 33.1 Å². The largest absolute Gasteiger partial charge is 0.493 e. The van der Waals surface area contributed by atoms with E-state index in [1.54, 1.807) is 0 Å². The molecule has 2 aromatic rings. The van der Waals surface area contributed by atoms with Crippen molar-refractivity contribution in [3.63, 3.8) is 0 Å². The van der Waals surface area contributed by atoms with Gasteiger partial charge in [0, 0.05) is 12.6 Å². The molecular formula is C24H33FN2O5S. The summed E-state index contributed by atoms with van der Waals surface area (Å²) >= 11 is 0. The Morgan fingerprint density at radius 1 is 1.06 bits per heavy atom. The van der Waals surface area contributed by atoms with Crippen LogP contribution < -0.4 is 19.1 Å². The van der Waals surface area contributed by atoms with Crippen LogP contribution in [0.25, 0.3) is 0 Å². The van der Waals surface area contributed by atoms with E-state index in [0.717, 1.165) is 42.1 Å². The zero-order valence-corrected chi connectivity index (χ0v) is 20.5. The van der Waals surface area contributed by atoms with E-state index in [-0.39, 0.29) is 16.3 Å². The van der Waals surface area contributed by atoms with E-state index in [9.17, 15) is 17.6 Å². The third kappa shape index (κ3) is 7.08.